The summed E-state index contributed by atoms with van der Waals surface area (Å²) in [6.07, 6.45) is 0.296. The van der Waals surface area contributed by atoms with Crippen molar-refractivity contribution in [2.75, 3.05) is 6.54 Å². The number of nitrogens with two attached hydrogens (primary N) is 1. The normalized spacial score (nSPS) is 16.3. The van der Waals surface area contributed by atoms with E-state index in [-0.39, 0.29) is 24.0 Å². The van der Waals surface area contributed by atoms with Crippen LogP contribution in [0.3, 0.4) is 0 Å². The highest BCUT2D eigenvalue weighted by molar-refractivity contribution is 9.10. The van der Waals surface area contributed by atoms with Crippen LogP contribution in [0.4, 0.5) is 4.39 Å². The number of aliphatic hydroxyl groups is 1. The highest BCUT2D eigenvalue weighted by Crippen LogP contribution is 2.21. The Kier molecular flexibility index (Phi) is 6.21. The van der Waals surface area contributed by atoms with Crippen LogP contribution in [-0.2, 0) is 0 Å². The second-order valence-electron chi connectivity index (χ2n) is 4.61. The van der Waals surface area contributed by atoms with E-state index in [0.29, 0.717) is 17.4 Å². The summed E-state index contributed by atoms with van der Waals surface area (Å²) in [6.45, 7) is 4.17. The van der Waals surface area contributed by atoms with Crippen molar-refractivity contribution >= 4 is 15.9 Å². The van der Waals surface area contributed by atoms with Crippen molar-refractivity contribution in [3.05, 3.63) is 34.1 Å². The molecule has 0 heterocycles. The number of aliphatic hydroxyl groups excluding tert-OH is 1. The summed E-state index contributed by atoms with van der Waals surface area (Å²) in [7, 11) is 0. The van der Waals surface area contributed by atoms with Crippen LogP contribution in [0.15, 0.2) is 22.7 Å². The van der Waals surface area contributed by atoms with Crippen molar-refractivity contribution < 1.29 is 9.50 Å². The van der Waals surface area contributed by atoms with E-state index < -0.39 is 0 Å². The maximum Gasteiger partial charge on any atom is 0.137 e. The van der Waals surface area contributed by atoms with E-state index in [1.807, 2.05) is 6.92 Å². The average Bonchev–Trinajstić information content (AvgIpc) is 2.29. The highest BCUT2D eigenvalue weighted by atomic mass is 79.9. The van der Waals surface area contributed by atoms with Gasteiger partial charge in [0, 0.05) is 18.6 Å². The Morgan fingerprint density at radius 3 is 2.61 bits per heavy atom. The molecule has 0 bridgehead atoms. The van der Waals surface area contributed by atoms with Gasteiger partial charge in [-0.25, -0.2) is 4.39 Å². The zero-order valence-electron chi connectivity index (χ0n) is 10.7. The van der Waals surface area contributed by atoms with Gasteiger partial charge in [-0.1, -0.05) is 6.07 Å². The third-order valence-electron chi connectivity index (χ3n) is 2.76. The van der Waals surface area contributed by atoms with E-state index in [0.717, 1.165) is 5.56 Å². The van der Waals surface area contributed by atoms with Gasteiger partial charge in [0.15, 0.2) is 0 Å². The molecule has 5 heteroatoms. The predicted molar refractivity (Wildman–Crippen MR) is 74.8 cm³/mol. The van der Waals surface area contributed by atoms with Gasteiger partial charge in [-0.05, 0) is 53.9 Å². The van der Waals surface area contributed by atoms with Crippen molar-refractivity contribution in [2.45, 2.75) is 38.5 Å². The van der Waals surface area contributed by atoms with Gasteiger partial charge in [0.05, 0.1) is 10.6 Å². The van der Waals surface area contributed by atoms with Crippen molar-refractivity contribution in [1.82, 2.24) is 5.32 Å². The molecule has 3 nitrogen and oxygen atoms in total. The molecule has 1 rings (SSSR count). The van der Waals surface area contributed by atoms with E-state index in [1.165, 1.54) is 6.07 Å². The van der Waals surface area contributed by atoms with Gasteiger partial charge < -0.3 is 16.2 Å². The minimum absolute atomic E-state index is 0.0457. The molecule has 0 aliphatic heterocycles. The Balaban J connectivity index is 2.73. The second-order valence-corrected chi connectivity index (χ2v) is 5.47. The van der Waals surface area contributed by atoms with Crippen molar-refractivity contribution in [3.63, 3.8) is 0 Å². The van der Waals surface area contributed by atoms with E-state index >= 15 is 0 Å². The summed E-state index contributed by atoms with van der Waals surface area (Å²) in [6, 6.07) is 4.97. The van der Waals surface area contributed by atoms with E-state index in [9.17, 15) is 9.50 Å². The fourth-order valence-electron chi connectivity index (χ4n) is 1.95. The smallest absolute Gasteiger partial charge is 0.137 e. The van der Waals surface area contributed by atoms with Crippen LogP contribution in [-0.4, -0.2) is 23.8 Å². The van der Waals surface area contributed by atoms with Crippen LogP contribution in [0.2, 0.25) is 0 Å². The van der Waals surface area contributed by atoms with Gasteiger partial charge in [0.25, 0.3) is 0 Å². The molecule has 1 aromatic carbocycles. The zero-order valence-corrected chi connectivity index (χ0v) is 12.2. The summed E-state index contributed by atoms with van der Waals surface area (Å²) in [4.78, 5) is 0. The minimum Gasteiger partial charge on any atom is -0.393 e. The molecule has 3 unspecified atom stereocenters. The first-order chi connectivity index (χ1) is 8.43. The van der Waals surface area contributed by atoms with Crippen molar-refractivity contribution in [1.29, 1.82) is 0 Å². The van der Waals surface area contributed by atoms with E-state index in [2.05, 4.69) is 21.2 Å². The number of hydrogen-bond donors (Lipinski definition) is 3. The molecular formula is C13H20BrFN2O. The fourth-order valence-corrected chi connectivity index (χ4v) is 2.35. The molecule has 4 N–H and O–H groups in total. The molecule has 0 saturated heterocycles. The lowest BCUT2D eigenvalue weighted by Crippen LogP contribution is -2.36. The molecule has 0 spiro atoms. The number of nitrogens with one attached hydrogen (secondary N) is 1. The molecule has 18 heavy (non-hydrogen) atoms. The molecular weight excluding hydrogens is 299 g/mol. The van der Waals surface area contributed by atoms with Crippen LogP contribution in [0.5, 0.6) is 0 Å². The monoisotopic (exact) mass is 318 g/mol. The maximum absolute atomic E-state index is 13.2. The quantitative estimate of drug-likeness (QED) is 0.754. The Bertz CT molecular complexity index is 387. The molecule has 0 aromatic heterocycles. The molecule has 0 amide bonds. The molecule has 1 aromatic rings. The summed E-state index contributed by atoms with van der Waals surface area (Å²) < 4.78 is 13.6. The van der Waals surface area contributed by atoms with Crippen LogP contribution in [0.25, 0.3) is 0 Å². The lowest BCUT2D eigenvalue weighted by molar-refractivity contribution is 0.168. The summed E-state index contributed by atoms with van der Waals surface area (Å²) in [5.74, 6) is -0.286. The van der Waals surface area contributed by atoms with Crippen LogP contribution >= 0.6 is 15.9 Å². The predicted octanol–water partition coefficient (Wildman–Crippen LogP) is 2.34. The first-order valence-corrected chi connectivity index (χ1v) is 6.82. The molecule has 102 valence electrons. The largest absolute Gasteiger partial charge is 0.393 e. The van der Waals surface area contributed by atoms with Crippen molar-refractivity contribution in [2.24, 2.45) is 5.73 Å². The maximum atomic E-state index is 13.2. The summed E-state index contributed by atoms with van der Waals surface area (Å²) in [5, 5.41) is 12.7. The molecule has 0 fully saturated rings. The third-order valence-corrected chi connectivity index (χ3v) is 3.37. The topological polar surface area (TPSA) is 58.3 Å². The van der Waals surface area contributed by atoms with Crippen LogP contribution < -0.4 is 11.1 Å². The molecule has 0 saturated carbocycles. The highest BCUT2D eigenvalue weighted by Gasteiger charge is 2.15. The Hall–Kier alpha value is -0.490. The standard InChI is InChI=1S/C13H20BrFN2O/c1-8(5-9(2)18)17-13(7-16)10-3-4-12(15)11(14)6-10/h3-4,6,8-9,13,17-18H,5,7,16H2,1-2H3. The number of rotatable bonds is 6. The van der Waals surface area contributed by atoms with Crippen LogP contribution in [0.1, 0.15) is 31.9 Å². The number of halogens is 2. The molecule has 3 atom stereocenters. The van der Waals surface area contributed by atoms with E-state index in [4.69, 9.17) is 5.73 Å². The van der Waals surface area contributed by atoms with Crippen molar-refractivity contribution in [3.8, 4) is 0 Å². The second kappa shape index (κ2) is 7.19. The van der Waals surface area contributed by atoms with Gasteiger partial charge in [0.1, 0.15) is 5.82 Å². The summed E-state index contributed by atoms with van der Waals surface area (Å²) >= 11 is 3.17. The molecule has 0 radical (unpaired) electrons. The first kappa shape index (κ1) is 15.6. The minimum atomic E-state index is -0.356. The Labute approximate surface area is 116 Å². The SMILES string of the molecule is CC(O)CC(C)NC(CN)c1ccc(F)c(Br)c1. The lowest BCUT2D eigenvalue weighted by Gasteiger charge is -2.23. The van der Waals surface area contributed by atoms with Gasteiger partial charge in [-0.2, -0.15) is 0 Å². The number of benzene rings is 1. The third kappa shape index (κ3) is 4.65. The zero-order chi connectivity index (χ0) is 13.7. The summed E-state index contributed by atoms with van der Waals surface area (Å²) in [5.41, 5.74) is 6.67. The number of hydrogen-bond acceptors (Lipinski definition) is 3. The Morgan fingerprint density at radius 1 is 1.44 bits per heavy atom. The van der Waals surface area contributed by atoms with Gasteiger partial charge in [-0.3, -0.25) is 0 Å². The molecule has 0 aliphatic carbocycles. The van der Waals surface area contributed by atoms with Gasteiger partial charge in [0.2, 0.25) is 0 Å². The van der Waals surface area contributed by atoms with E-state index in [1.54, 1.807) is 19.1 Å². The first-order valence-electron chi connectivity index (χ1n) is 6.03. The lowest BCUT2D eigenvalue weighted by atomic mass is 10.0. The van der Waals surface area contributed by atoms with Crippen LogP contribution in [0, 0.1) is 5.82 Å². The molecule has 0 aliphatic rings. The van der Waals surface area contributed by atoms with Gasteiger partial charge >= 0.3 is 0 Å². The Morgan fingerprint density at radius 2 is 2.11 bits per heavy atom. The van der Waals surface area contributed by atoms with Gasteiger partial charge in [-0.15, -0.1) is 0 Å². The fraction of sp³-hybridized carbons (Fsp3) is 0.538. The average molecular weight is 319 g/mol.